The molecule has 1 aromatic carbocycles. The summed E-state index contributed by atoms with van der Waals surface area (Å²) in [5, 5.41) is 8.95. The van der Waals surface area contributed by atoms with Crippen LogP contribution in [-0.2, 0) is 4.79 Å². The summed E-state index contributed by atoms with van der Waals surface area (Å²) in [6.07, 6.45) is 0.951. The standard InChI is InChI=1S/C12H14N4O2S/c13-10(17)2-1-7-18-9-5-3-8(4-6-9)11-15-16-12(14)19-11/h3-6H,1-2,7H2,(H2,13,17)(H2,14,16). The number of carbonyl (C=O) groups is 1. The lowest BCUT2D eigenvalue weighted by Crippen LogP contribution is -2.11. The van der Waals surface area contributed by atoms with Crippen LogP contribution in [0, 0.1) is 0 Å². The van der Waals surface area contributed by atoms with Crippen LogP contribution in [0.5, 0.6) is 5.75 Å². The maximum absolute atomic E-state index is 10.6. The van der Waals surface area contributed by atoms with Crippen LogP contribution in [0.4, 0.5) is 5.13 Å². The number of nitrogens with two attached hydrogens (primary N) is 2. The van der Waals surface area contributed by atoms with Gasteiger partial charge in [-0.05, 0) is 30.7 Å². The van der Waals surface area contributed by atoms with Gasteiger partial charge in [-0.1, -0.05) is 11.3 Å². The first-order valence-electron chi connectivity index (χ1n) is 5.75. The van der Waals surface area contributed by atoms with Gasteiger partial charge in [-0.15, -0.1) is 10.2 Å². The molecule has 0 aliphatic rings. The van der Waals surface area contributed by atoms with E-state index in [4.69, 9.17) is 16.2 Å². The van der Waals surface area contributed by atoms with E-state index >= 15 is 0 Å². The zero-order valence-corrected chi connectivity index (χ0v) is 11.0. The van der Waals surface area contributed by atoms with Crippen molar-refractivity contribution in [3.63, 3.8) is 0 Å². The van der Waals surface area contributed by atoms with Crippen LogP contribution in [0.3, 0.4) is 0 Å². The number of primary amides is 1. The number of carbonyl (C=O) groups excluding carboxylic acids is 1. The highest BCUT2D eigenvalue weighted by molar-refractivity contribution is 7.18. The minimum absolute atomic E-state index is 0.312. The Morgan fingerprint density at radius 3 is 2.58 bits per heavy atom. The number of aromatic nitrogens is 2. The zero-order chi connectivity index (χ0) is 13.7. The highest BCUT2D eigenvalue weighted by atomic mass is 32.1. The van der Waals surface area contributed by atoms with E-state index in [2.05, 4.69) is 10.2 Å². The second-order valence-corrected chi connectivity index (χ2v) is 4.90. The Hall–Kier alpha value is -2.15. The van der Waals surface area contributed by atoms with Gasteiger partial charge in [0.2, 0.25) is 11.0 Å². The molecule has 1 amide bonds. The van der Waals surface area contributed by atoms with Crippen molar-refractivity contribution in [2.24, 2.45) is 5.73 Å². The van der Waals surface area contributed by atoms with E-state index in [1.807, 2.05) is 24.3 Å². The molecular formula is C12H14N4O2S. The smallest absolute Gasteiger partial charge is 0.217 e. The Morgan fingerprint density at radius 1 is 1.26 bits per heavy atom. The second kappa shape index (κ2) is 6.14. The van der Waals surface area contributed by atoms with Crippen molar-refractivity contribution in [2.45, 2.75) is 12.8 Å². The number of nitrogen functional groups attached to an aromatic ring is 1. The summed E-state index contributed by atoms with van der Waals surface area (Å²) in [6.45, 7) is 0.466. The minimum Gasteiger partial charge on any atom is -0.494 e. The zero-order valence-electron chi connectivity index (χ0n) is 10.2. The number of ether oxygens (including phenoxy) is 1. The molecule has 0 radical (unpaired) electrons. The van der Waals surface area contributed by atoms with Gasteiger partial charge in [0.1, 0.15) is 10.8 Å². The van der Waals surface area contributed by atoms with Crippen LogP contribution in [0.2, 0.25) is 0 Å². The van der Waals surface area contributed by atoms with E-state index in [1.54, 1.807) is 0 Å². The SMILES string of the molecule is NC(=O)CCCOc1ccc(-c2nnc(N)s2)cc1. The predicted molar refractivity (Wildman–Crippen MR) is 73.7 cm³/mol. The molecule has 4 N–H and O–H groups in total. The molecule has 0 bridgehead atoms. The van der Waals surface area contributed by atoms with Crippen molar-refractivity contribution in [1.29, 1.82) is 0 Å². The summed E-state index contributed by atoms with van der Waals surface area (Å²) < 4.78 is 5.49. The number of anilines is 1. The normalized spacial score (nSPS) is 10.3. The first-order valence-corrected chi connectivity index (χ1v) is 6.57. The third-order valence-corrected chi connectivity index (χ3v) is 3.18. The average molecular weight is 278 g/mol. The predicted octanol–water partition coefficient (Wildman–Crippen LogP) is 1.43. The molecule has 0 fully saturated rings. The molecule has 6 nitrogen and oxygen atoms in total. The second-order valence-electron chi connectivity index (χ2n) is 3.89. The van der Waals surface area contributed by atoms with Gasteiger partial charge in [-0.25, -0.2) is 0 Å². The Balaban J connectivity index is 1.90. The summed E-state index contributed by atoms with van der Waals surface area (Å²) in [7, 11) is 0. The summed E-state index contributed by atoms with van der Waals surface area (Å²) in [6, 6.07) is 7.47. The highest BCUT2D eigenvalue weighted by Gasteiger charge is 2.04. The van der Waals surface area contributed by atoms with Crippen LogP contribution in [0.1, 0.15) is 12.8 Å². The van der Waals surface area contributed by atoms with Crippen molar-refractivity contribution in [1.82, 2.24) is 10.2 Å². The van der Waals surface area contributed by atoms with Gasteiger partial charge in [0, 0.05) is 12.0 Å². The van der Waals surface area contributed by atoms with Crippen LogP contribution in [-0.4, -0.2) is 22.7 Å². The number of hydrogen-bond acceptors (Lipinski definition) is 6. The number of benzene rings is 1. The van der Waals surface area contributed by atoms with Crippen LogP contribution in [0.15, 0.2) is 24.3 Å². The van der Waals surface area contributed by atoms with E-state index in [-0.39, 0.29) is 5.91 Å². The molecule has 0 spiro atoms. The third kappa shape index (κ3) is 3.92. The number of amides is 1. The average Bonchev–Trinajstić information content (AvgIpc) is 2.82. The maximum atomic E-state index is 10.6. The number of rotatable bonds is 6. The molecule has 0 saturated carbocycles. The lowest BCUT2D eigenvalue weighted by atomic mass is 10.2. The molecule has 1 heterocycles. The lowest BCUT2D eigenvalue weighted by Gasteiger charge is -2.05. The van der Waals surface area contributed by atoms with E-state index in [1.165, 1.54) is 11.3 Å². The molecule has 19 heavy (non-hydrogen) atoms. The molecule has 1 aromatic heterocycles. The van der Waals surface area contributed by atoms with Crippen molar-refractivity contribution in [2.75, 3.05) is 12.3 Å². The summed E-state index contributed by atoms with van der Waals surface area (Å²) in [4.78, 5) is 10.6. The molecule has 2 rings (SSSR count). The van der Waals surface area contributed by atoms with Gasteiger partial charge in [0.25, 0.3) is 0 Å². The molecular weight excluding hydrogens is 264 g/mol. The van der Waals surface area contributed by atoms with Crippen molar-refractivity contribution < 1.29 is 9.53 Å². The van der Waals surface area contributed by atoms with Crippen molar-refractivity contribution >= 4 is 22.4 Å². The quantitative estimate of drug-likeness (QED) is 0.778. The van der Waals surface area contributed by atoms with Crippen LogP contribution >= 0.6 is 11.3 Å². The van der Waals surface area contributed by atoms with Crippen LogP contribution in [0.25, 0.3) is 10.6 Å². The topological polar surface area (TPSA) is 104 Å². The first-order chi connectivity index (χ1) is 9.15. The molecule has 0 aliphatic carbocycles. The summed E-state index contributed by atoms with van der Waals surface area (Å²) in [5.41, 5.74) is 11.5. The fraction of sp³-hybridized carbons (Fsp3) is 0.250. The van der Waals surface area contributed by atoms with Gasteiger partial charge >= 0.3 is 0 Å². The Bertz CT molecular complexity index is 553. The van der Waals surface area contributed by atoms with Gasteiger partial charge < -0.3 is 16.2 Å². The molecule has 7 heteroatoms. The first kappa shape index (κ1) is 13.3. The Kier molecular flexibility index (Phi) is 4.30. The van der Waals surface area contributed by atoms with Gasteiger partial charge in [-0.3, -0.25) is 4.79 Å². The van der Waals surface area contributed by atoms with Gasteiger partial charge in [0.05, 0.1) is 6.61 Å². The molecule has 0 saturated heterocycles. The van der Waals surface area contributed by atoms with E-state index in [0.717, 1.165) is 16.3 Å². The van der Waals surface area contributed by atoms with Gasteiger partial charge in [0.15, 0.2) is 0 Å². The van der Waals surface area contributed by atoms with E-state index < -0.39 is 0 Å². The van der Waals surface area contributed by atoms with Crippen molar-refractivity contribution in [3.8, 4) is 16.3 Å². The maximum Gasteiger partial charge on any atom is 0.217 e. The number of hydrogen-bond donors (Lipinski definition) is 2. The van der Waals surface area contributed by atoms with E-state index in [0.29, 0.717) is 24.6 Å². The minimum atomic E-state index is -0.312. The highest BCUT2D eigenvalue weighted by Crippen LogP contribution is 2.26. The Labute approximate surface area is 114 Å². The van der Waals surface area contributed by atoms with Crippen molar-refractivity contribution in [3.05, 3.63) is 24.3 Å². The molecule has 0 unspecified atom stereocenters. The fourth-order valence-corrected chi connectivity index (χ4v) is 2.10. The monoisotopic (exact) mass is 278 g/mol. The van der Waals surface area contributed by atoms with Crippen LogP contribution < -0.4 is 16.2 Å². The lowest BCUT2D eigenvalue weighted by molar-refractivity contribution is -0.118. The Morgan fingerprint density at radius 2 is 2.00 bits per heavy atom. The molecule has 2 aromatic rings. The summed E-state index contributed by atoms with van der Waals surface area (Å²) >= 11 is 1.33. The molecule has 0 atom stereocenters. The molecule has 0 aliphatic heterocycles. The molecule has 100 valence electrons. The number of nitrogens with zero attached hydrogens (tertiary/aromatic N) is 2. The summed E-state index contributed by atoms with van der Waals surface area (Å²) in [5.74, 6) is 0.429. The van der Waals surface area contributed by atoms with E-state index in [9.17, 15) is 4.79 Å². The fourth-order valence-electron chi connectivity index (χ4n) is 1.48. The largest absolute Gasteiger partial charge is 0.494 e. The van der Waals surface area contributed by atoms with Gasteiger partial charge in [-0.2, -0.15) is 0 Å². The third-order valence-electron chi connectivity index (χ3n) is 2.38.